The Morgan fingerprint density at radius 3 is 2.46 bits per heavy atom. The van der Waals surface area contributed by atoms with Crippen molar-refractivity contribution in [2.75, 3.05) is 18.5 Å². The molecule has 1 aromatic heterocycles. The van der Waals surface area contributed by atoms with E-state index < -0.39 is 31.4 Å². The Labute approximate surface area is 230 Å². The van der Waals surface area contributed by atoms with Gasteiger partial charge in [-0.05, 0) is 35.7 Å². The number of benzene rings is 3. The van der Waals surface area contributed by atoms with E-state index in [1.165, 1.54) is 12.3 Å². The van der Waals surface area contributed by atoms with Gasteiger partial charge in [0.25, 0.3) is 21.6 Å². The zero-order chi connectivity index (χ0) is 28.0. The van der Waals surface area contributed by atoms with Crippen molar-refractivity contribution in [2.24, 2.45) is 0 Å². The van der Waals surface area contributed by atoms with Gasteiger partial charge in [-0.15, -0.1) is 0 Å². The minimum absolute atomic E-state index is 0.0517. The summed E-state index contributed by atoms with van der Waals surface area (Å²) in [4.78, 5) is 33.9. The molecule has 0 radical (unpaired) electrons. The van der Waals surface area contributed by atoms with Gasteiger partial charge < -0.3 is 4.90 Å². The Hall–Kier alpha value is -4.35. The number of carbonyl (C=O) groups excluding carboxylic acids is 1. The zero-order valence-electron chi connectivity index (χ0n) is 20.8. The molecule has 0 spiro atoms. The molecule has 200 valence electrons. The first-order valence-corrected chi connectivity index (χ1v) is 13.7. The van der Waals surface area contributed by atoms with Crippen LogP contribution in [0.1, 0.15) is 27.2 Å². The molecule has 0 unspecified atom stereocenters. The molecule has 0 bridgehead atoms. The second-order valence-electron chi connectivity index (χ2n) is 8.68. The lowest BCUT2D eigenvalue weighted by atomic mass is 10.1. The normalized spacial score (nSPS) is 11.1. The van der Waals surface area contributed by atoms with Gasteiger partial charge in [-0.25, -0.2) is 23.1 Å². The number of nitro benzene ring substituents is 1. The molecule has 4 aromatic rings. The summed E-state index contributed by atoms with van der Waals surface area (Å²) >= 11 is 6.14. The van der Waals surface area contributed by atoms with E-state index in [4.69, 9.17) is 11.6 Å². The van der Waals surface area contributed by atoms with E-state index in [0.717, 1.165) is 35.7 Å². The Balaban J connectivity index is 1.62. The van der Waals surface area contributed by atoms with Crippen molar-refractivity contribution in [3.8, 4) is 0 Å². The van der Waals surface area contributed by atoms with E-state index in [-0.39, 0.29) is 12.0 Å². The first kappa shape index (κ1) is 27.7. The second kappa shape index (κ2) is 12.0. The van der Waals surface area contributed by atoms with Gasteiger partial charge >= 0.3 is 0 Å². The molecule has 4 rings (SSSR count). The van der Waals surface area contributed by atoms with Gasteiger partial charge in [-0.2, -0.15) is 0 Å². The molecular formula is C27H24ClN5O5S. The van der Waals surface area contributed by atoms with Gasteiger partial charge in [0.15, 0.2) is 0 Å². The smallest absolute Gasteiger partial charge is 0.270 e. The van der Waals surface area contributed by atoms with E-state index in [1.54, 1.807) is 18.2 Å². The lowest BCUT2D eigenvalue weighted by Gasteiger charge is -2.19. The van der Waals surface area contributed by atoms with Crippen LogP contribution in [0, 0.1) is 10.1 Å². The third-order valence-electron chi connectivity index (χ3n) is 5.85. The minimum atomic E-state index is -4.42. The lowest BCUT2D eigenvalue weighted by molar-refractivity contribution is -0.385. The lowest BCUT2D eigenvalue weighted by Crippen LogP contribution is -2.32. The molecular weight excluding hydrogens is 542 g/mol. The maximum atomic E-state index is 13.2. The Morgan fingerprint density at radius 2 is 1.74 bits per heavy atom. The molecule has 1 amide bonds. The average molecular weight is 566 g/mol. The van der Waals surface area contributed by atoms with Crippen LogP contribution in [0.3, 0.4) is 0 Å². The van der Waals surface area contributed by atoms with Crippen molar-refractivity contribution in [1.29, 1.82) is 0 Å². The molecule has 10 nitrogen and oxygen atoms in total. The summed E-state index contributed by atoms with van der Waals surface area (Å²) in [7, 11) is -2.59. The minimum Gasteiger partial charge on any atom is -0.344 e. The van der Waals surface area contributed by atoms with E-state index in [9.17, 15) is 23.3 Å². The van der Waals surface area contributed by atoms with Crippen molar-refractivity contribution < 1.29 is 18.1 Å². The molecule has 3 aromatic carbocycles. The molecule has 1 heterocycles. The number of carbonyl (C=O) groups is 1. The number of nitrogens with one attached hydrogen (secondary N) is 1. The number of nitrogens with zero attached hydrogens (tertiary/aromatic N) is 4. The fourth-order valence-corrected chi connectivity index (χ4v) is 5.02. The Kier molecular flexibility index (Phi) is 8.52. The first-order chi connectivity index (χ1) is 18.6. The molecule has 0 saturated heterocycles. The summed E-state index contributed by atoms with van der Waals surface area (Å²) in [6.45, 7) is 0.604. The van der Waals surface area contributed by atoms with E-state index in [1.807, 2.05) is 53.1 Å². The third-order valence-corrected chi connectivity index (χ3v) is 7.41. The number of aromatic nitrogens is 2. The Bertz CT molecular complexity index is 1620. The molecule has 0 aliphatic rings. The predicted molar refractivity (Wildman–Crippen MR) is 147 cm³/mol. The highest BCUT2D eigenvalue weighted by Crippen LogP contribution is 2.21. The van der Waals surface area contributed by atoms with Crippen LogP contribution in [0.15, 0.2) is 90.0 Å². The number of amides is 1. The number of hydrogen-bond donors (Lipinski definition) is 1. The van der Waals surface area contributed by atoms with Crippen LogP contribution < -0.4 is 9.62 Å². The van der Waals surface area contributed by atoms with Crippen LogP contribution in [0.5, 0.6) is 0 Å². The van der Waals surface area contributed by atoms with Crippen LogP contribution in [0.4, 0.5) is 11.6 Å². The fraction of sp³-hybridized carbons (Fsp3) is 0.148. The van der Waals surface area contributed by atoms with Crippen LogP contribution in [-0.4, -0.2) is 42.8 Å². The highest BCUT2D eigenvalue weighted by Gasteiger charge is 2.24. The van der Waals surface area contributed by atoms with Gasteiger partial charge in [0.05, 0.1) is 21.1 Å². The highest BCUT2D eigenvalue weighted by atomic mass is 35.5. The second-order valence-corrected chi connectivity index (χ2v) is 10.8. The molecule has 12 heteroatoms. The zero-order valence-corrected chi connectivity index (χ0v) is 22.4. The van der Waals surface area contributed by atoms with Crippen LogP contribution in [-0.2, 0) is 22.9 Å². The average Bonchev–Trinajstić information content (AvgIpc) is 2.92. The van der Waals surface area contributed by atoms with Gasteiger partial charge in [-0.1, -0.05) is 60.1 Å². The van der Waals surface area contributed by atoms with Crippen molar-refractivity contribution >= 4 is 39.2 Å². The monoisotopic (exact) mass is 565 g/mol. The van der Waals surface area contributed by atoms with Crippen molar-refractivity contribution in [3.05, 3.63) is 123 Å². The van der Waals surface area contributed by atoms with E-state index in [2.05, 4.69) is 9.97 Å². The van der Waals surface area contributed by atoms with Crippen molar-refractivity contribution in [3.63, 3.8) is 0 Å². The molecule has 0 fully saturated rings. The molecule has 0 aliphatic heterocycles. The summed E-state index contributed by atoms with van der Waals surface area (Å²) in [5.41, 5.74) is 1.73. The van der Waals surface area contributed by atoms with E-state index in [0.29, 0.717) is 23.2 Å². The van der Waals surface area contributed by atoms with Crippen LogP contribution >= 0.6 is 11.6 Å². The molecule has 39 heavy (non-hydrogen) atoms. The maximum absolute atomic E-state index is 13.2. The van der Waals surface area contributed by atoms with Crippen molar-refractivity contribution in [2.45, 2.75) is 17.7 Å². The van der Waals surface area contributed by atoms with Gasteiger partial charge in [-0.3, -0.25) is 14.9 Å². The number of sulfonamides is 1. The van der Waals surface area contributed by atoms with E-state index >= 15 is 0 Å². The summed E-state index contributed by atoms with van der Waals surface area (Å²) in [6.07, 6.45) is 2.20. The number of hydrogen-bond acceptors (Lipinski definition) is 8. The fourth-order valence-electron chi connectivity index (χ4n) is 3.80. The number of non-ortho nitro benzene ring substituents is 1. The number of halogens is 1. The summed E-state index contributed by atoms with van der Waals surface area (Å²) in [5.74, 6) is -0.599. The first-order valence-electron chi connectivity index (χ1n) is 11.8. The summed E-state index contributed by atoms with van der Waals surface area (Å²) in [6, 6.07) is 21.4. The van der Waals surface area contributed by atoms with Crippen molar-refractivity contribution in [1.82, 2.24) is 14.7 Å². The standard InChI is InChI=1S/C27H24ClN5O5S/c1-32(14-13-19-7-3-2-4-8-19)27-29-18-24(25(30-27)16-20-9-5-10-21(28)15-20)26(34)31-39(37,38)23-12-6-11-22(17-23)33(35)36/h2-12,15,17-18H,13-14,16H2,1H3,(H,31,34). The largest absolute Gasteiger partial charge is 0.344 e. The number of rotatable bonds is 10. The van der Waals surface area contributed by atoms with Crippen LogP contribution in [0.25, 0.3) is 0 Å². The number of nitro groups is 1. The predicted octanol–water partition coefficient (Wildman–Crippen LogP) is 4.43. The molecule has 1 N–H and O–H groups in total. The van der Waals surface area contributed by atoms with Gasteiger partial charge in [0.1, 0.15) is 0 Å². The number of anilines is 1. The summed E-state index contributed by atoms with van der Waals surface area (Å²) < 4.78 is 27.7. The maximum Gasteiger partial charge on any atom is 0.270 e. The van der Waals surface area contributed by atoms with Gasteiger partial charge in [0, 0.05) is 43.4 Å². The molecule has 0 aliphatic carbocycles. The highest BCUT2D eigenvalue weighted by molar-refractivity contribution is 7.90. The summed E-state index contributed by atoms with van der Waals surface area (Å²) in [5, 5.41) is 11.6. The Morgan fingerprint density at radius 1 is 1.03 bits per heavy atom. The SMILES string of the molecule is CN(CCc1ccccc1)c1ncc(C(=O)NS(=O)(=O)c2cccc([N+](=O)[O-])c2)c(Cc2cccc(Cl)c2)n1. The topological polar surface area (TPSA) is 135 Å². The molecule has 0 saturated carbocycles. The van der Waals surface area contributed by atoms with Gasteiger partial charge in [0.2, 0.25) is 5.95 Å². The number of likely N-dealkylation sites (N-methyl/N-ethyl adjacent to an activating group) is 1. The quantitative estimate of drug-likeness (QED) is 0.220. The van der Waals surface area contributed by atoms with Crippen LogP contribution in [0.2, 0.25) is 5.02 Å². The molecule has 0 atom stereocenters. The third kappa shape index (κ3) is 7.15.